The first-order valence-electron chi connectivity index (χ1n) is 22.5. The van der Waals surface area contributed by atoms with E-state index in [9.17, 15) is 75.9 Å². The maximum absolute atomic E-state index is 15.7. The number of nitrogens with one attached hydrogen (secondary N) is 1. The highest BCUT2D eigenvalue weighted by atomic mass is 35.5. The first kappa shape index (κ1) is 57.8. The molecule has 1 fully saturated rings. The zero-order chi connectivity index (χ0) is 57.6. The van der Waals surface area contributed by atoms with Crippen LogP contribution < -0.4 is 9.62 Å². The number of sulfone groups is 1. The Kier molecular flexibility index (Phi) is 14.8. The van der Waals surface area contributed by atoms with Crippen LogP contribution in [0.15, 0.2) is 66.7 Å². The summed E-state index contributed by atoms with van der Waals surface area (Å²) < 4.78 is 216. The van der Waals surface area contributed by atoms with E-state index in [-0.39, 0.29) is 42.5 Å². The summed E-state index contributed by atoms with van der Waals surface area (Å²) in [6, 6.07) is 9.05. The number of pyridine rings is 1. The van der Waals surface area contributed by atoms with Crippen LogP contribution in [-0.2, 0) is 72.0 Å². The summed E-state index contributed by atoms with van der Waals surface area (Å²) in [6.07, 6.45) is -10.2. The van der Waals surface area contributed by atoms with Gasteiger partial charge in [0.25, 0.3) is 11.8 Å². The number of benzene rings is 3. The third kappa shape index (κ3) is 11.8. The highest BCUT2D eigenvalue weighted by molar-refractivity contribution is 7.93. The van der Waals surface area contributed by atoms with Crippen molar-refractivity contribution in [2.45, 2.75) is 81.4 Å². The molecule has 0 bridgehead atoms. The van der Waals surface area contributed by atoms with Gasteiger partial charge in [0.05, 0.1) is 40.5 Å². The molecule has 0 saturated heterocycles. The largest absolute Gasteiger partial charge is 0.469 e. The molecule has 3 aromatic heterocycles. The second kappa shape index (κ2) is 20.0. The van der Waals surface area contributed by atoms with Gasteiger partial charge in [0.2, 0.25) is 15.9 Å². The van der Waals surface area contributed by atoms with Crippen LogP contribution in [0.3, 0.4) is 0 Å². The molecule has 0 radical (unpaired) electrons. The average Bonchev–Trinajstić information content (AvgIpc) is 4.02. The summed E-state index contributed by atoms with van der Waals surface area (Å²) in [5.41, 5.74) is -7.26. The lowest BCUT2D eigenvalue weighted by molar-refractivity contribution is -0.143. The maximum atomic E-state index is 15.7. The number of amides is 2. The van der Waals surface area contributed by atoms with Crippen molar-refractivity contribution in [3.8, 4) is 23.0 Å². The van der Waals surface area contributed by atoms with Crippen molar-refractivity contribution in [2.24, 2.45) is 5.92 Å². The van der Waals surface area contributed by atoms with Crippen molar-refractivity contribution in [3.63, 3.8) is 0 Å². The molecule has 1 saturated carbocycles. The minimum Gasteiger partial charge on any atom is -0.346 e. The number of anilines is 1. The summed E-state index contributed by atoms with van der Waals surface area (Å²) in [5.74, 6) is -7.91. The van der Waals surface area contributed by atoms with Crippen LogP contribution in [0.5, 0.6) is 0 Å². The van der Waals surface area contributed by atoms with Gasteiger partial charge in [-0.25, -0.2) is 35.2 Å². The lowest BCUT2D eigenvalue weighted by Gasteiger charge is -2.23. The van der Waals surface area contributed by atoms with Crippen LogP contribution >= 0.6 is 19.4 Å². The van der Waals surface area contributed by atoms with Gasteiger partial charge in [-0.2, -0.15) is 49.6 Å². The summed E-state index contributed by atoms with van der Waals surface area (Å²) in [5, 5.41) is 8.48. The minimum absolute atomic E-state index is 0.0414. The fourth-order valence-corrected chi connectivity index (χ4v) is 10.5. The molecule has 3 heterocycles. The van der Waals surface area contributed by atoms with Crippen molar-refractivity contribution in [3.05, 3.63) is 128 Å². The number of alkyl halides is 8. The van der Waals surface area contributed by atoms with E-state index in [0.29, 0.717) is 12.3 Å². The lowest BCUT2D eigenvalue weighted by atomic mass is 9.93. The molecule has 78 heavy (non-hydrogen) atoms. The molecule has 2 amide bonds. The quantitative estimate of drug-likeness (QED) is 0.0498. The van der Waals surface area contributed by atoms with E-state index in [0.717, 1.165) is 54.8 Å². The Morgan fingerprint density at radius 2 is 1.59 bits per heavy atom. The molecule has 3 aromatic carbocycles. The molecule has 17 nitrogen and oxygen atoms in total. The van der Waals surface area contributed by atoms with Crippen LogP contribution in [0.1, 0.15) is 82.1 Å². The van der Waals surface area contributed by atoms with Crippen LogP contribution in [0.2, 0.25) is 5.02 Å². The average molecular weight is 1180 g/mol. The molecule has 6 aromatic rings. The number of carbonyl (C=O) groups is 2. The van der Waals surface area contributed by atoms with E-state index < -0.39 is 174 Å². The molecule has 0 aliphatic heterocycles. The number of halogens is 11. The smallest absolute Gasteiger partial charge is 0.346 e. The number of phosphoric acid groups is 1. The standard InChI is InChI=1S/C47H39ClF10N7O10PS2/c1-44(2,77(3,71)72)14-13-27-9-10-29(38(59-27)34(17-23-15-25(49)18-26(50)16-23)60-35(66)20-63-41-36(40(61-63)47(56,57)58)31-19-32(31)46(41,54)55)30-11-12-33(48)37-39(30)64(22-45(51,52)53)62-42(37)65(78(4,73)74)43(67)28-8-6-5-7-24(28)21-75-76(68,69)70/h5-12,15-16,18,31-32,34H,17,19-22H2,1-4H3,(H,60,66)(H2,68,69,70)/t31-,32+,34?/m0/s1. The number of aromatic nitrogens is 5. The molecule has 8 rings (SSSR count). The number of fused-ring (bicyclic) bond motifs is 4. The number of carbonyl (C=O) groups excluding carboxylic acids is 2. The third-order valence-corrected chi connectivity index (χ3v) is 16.4. The van der Waals surface area contributed by atoms with E-state index in [2.05, 4.69) is 36.9 Å². The summed E-state index contributed by atoms with van der Waals surface area (Å²) >= 11 is 6.70. The fourth-order valence-electron chi connectivity index (χ4n) is 8.92. The highest BCUT2D eigenvalue weighted by Gasteiger charge is 2.68. The number of hydrogen-bond donors (Lipinski definition) is 3. The molecule has 1 unspecified atom stereocenters. The van der Waals surface area contributed by atoms with Crippen molar-refractivity contribution in [1.29, 1.82) is 0 Å². The predicted octanol–water partition coefficient (Wildman–Crippen LogP) is 8.51. The van der Waals surface area contributed by atoms with Crippen LogP contribution in [-0.4, -0.2) is 86.4 Å². The molecule has 31 heteroatoms. The normalized spacial score (nSPS) is 16.8. The predicted molar refractivity (Wildman–Crippen MR) is 258 cm³/mol. The first-order valence-corrected chi connectivity index (χ1v) is 28.1. The Bertz CT molecular complexity index is 3800. The third-order valence-electron chi connectivity index (χ3n) is 12.7. The van der Waals surface area contributed by atoms with Crippen molar-refractivity contribution < 1.29 is 89.2 Å². The van der Waals surface area contributed by atoms with Gasteiger partial charge in [-0.05, 0) is 86.1 Å². The van der Waals surface area contributed by atoms with Gasteiger partial charge in [0.1, 0.15) is 40.9 Å². The molecule has 2 aliphatic rings. The van der Waals surface area contributed by atoms with E-state index in [1.807, 2.05) is 0 Å². The second-order valence-corrected chi connectivity index (χ2v) is 24.8. The van der Waals surface area contributed by atoms with Crippen molar-refractivity contribution in [2.75, 3.05) is 16.8 Å². The number of nitrogens with zero attached hydrogens (tertiary/aromatic N) is 6. The van der Waals surface area contributed by atoms with Gasteiger partial charge in [0.15, 0.2) is 21.3 Å². The van der Waals surface area contributed by atoms with E-state index in [1.165, 1.54) is 26.0 Å². The molecule has 3 N–H and O–H groups in total. The Hall–Kier alpha value is -6.41. The lowest BCUT2D eigenvalue weighted by Crippen LogP contribution is -2.37. The van der Waals surface area contributed by atoms with Crippen LogP contribution in [0, 0.1) is 29.4 Å². The summed E-state index contributed by atoms with van der Waals surface area (Å²) in [7, 11) is -14.2. The van der Waals surface area contributed by atoms with Gasteiger partial charge < -0.3 is 15.1 Å². The summed E-state index contributed by atoms with van der Waals surface area (Å²) in [6.45, 7) is -1.97. The molecule has 416 valence electrons. The number of rotatable bonds is 15. The monoisotopic (exact) mass is 1180 g/mol. The second-order valence-electron chi connectivity index (χ2n) is 18.8. The maximum Gasteiger partial charge on any atom is 0.469 e. The van der Waals surface area contributed by atoms with Gasteiger partial charge >= 0.3 is 20.2 Å². The molecule has 0 spiro atoms. The Labute approximate surface area is 440 Å². The van der Waals surface area contributed by atoms with Gasteiger partial charge in [-0.3, -0.25) is 23.5 Å². The fraction of sp³-hybridized carbons (Fsp3) is 0.340. The molecular formula is C47H39ClF10N7O10PS2. The Balaban J connectivity index is 1.37. The topological polar surface area (TPSA) is 233 Å². The van der Waals surface area contributed by atoms with Gasteiger partial charge in [-0.15, -0.1) is 0 Å². The molecule has 2 aliphatic carbocycles. The molecule has 3 atom stereocenters. The number of hydrogen-bond acceptors (Lipinski definition) is 11. The van der Waals surface area contributed by atoms with Crippen molar-refractivity contribution in [1.82, 2.24) is 29.9 Å². The highest BCUT2D eigenvalue weighted by Crippen LogP contribution is 2.68. The van der Waals surface area contributed by atoms with Crippen molar-refractivity contribution >= 4 is 67.8 Å². The summed E-state index contributed by atoms with van der Waals surface area (Å²) in [4.78, 5) is 52.0. The van der Waals surface area contributed by atoms with E-state index in [1.54, 1.807) is 0 Å². The first-order chi connectivity index (χ1) is 35.9. The number of phosphoric ester groups is 1. The zero-order valence-electron chi connectivity index (χ0n) is 40.4. The van der Waals surface area contributed by atoms with E-state index >= 15 is 8.78 Å². The zero-order valence-corrected chi connectivity index (χ0v) is 43.7. The van der Waals surface area contributed by atoms with Crippen LogP contribution in [0.4, 0.5) is 49.7 Å². The Morgan fingerprint density at radius 3 is 2.19 bits per heavy atom. The van der Waals surface area contributed by atoms with E-state index in [4.69, 9.17) is 11.6 Å². The van der Waals surface area contributed by atoms with Crippen LogP contribution in [0.25, 0.3) is 22.0 Å². The van der Waals surface area contributed by atoms with Gasteiger partial charge in [0, 0.05) is 40.5 Å². The molecular weight excluding hydrogens is 1140 g/mol. The SMILES string of the molecule is CC(C)(C#Cc1ccc(-c2ccc(Cl)c3c(N(C(=O)c4ccccc4COP(=O)(O)O)S(C)(=O)=O)nn(CC(F)(F)F)c23)c(C(Cc2cc(F)cc(F)c2)NC(=O)Cn2nc(C(F)(F)F)c3c2C(F)(F)[C@@H]2C[C@H]32)n1)S(C)(=O)=O. The van der Waals surface area contributed by atoms with Gasteiger partial charge in [-0.1, -0.05) is 41.8 Å². The Morgan fingerprint density at radius 1 is 0.949 bits per heavy atom. The number of sulfonamides is 1. The minimum atomic E-state index is -5.25.